The third kappa shape index (κ3) is 3.75. The minimum atomic E-state index is -0.552. The number of rotatable bonds is 5. The summed E-state index contributed by atoms with van der Waals surface area (Å²) in [7, 11) is 1.61. The molecule has 0 radical (unpaired) electrons. The van der Waals surface area contributed by atoms with Crippen molar-refractivity contribution in [2.75, 3.05) is 7.11 Å². The number of ether oxygens (including phenoxy) is 1. The van der Waals surface area contributed by atoms with Gasteiger partial charge >= 0.3 is 0 Å². The summed E-state index contributed by atoms with van der Waals surface area (Å²) < 4.78 is 5.24. The minimum Gasteiger partial charge on any atom is -0.496 e. The number of benzene rings is 2. The smallest absolute Gasteiger partial charge is 0.271 e. The van der Waals surface area contributed by atoms with Gasteiger partial charge in [0, 0.05) is 17.7 Å². The molecule has 2 aromatic rings. The molecule has 0 fully saturated rings. The van der Waals surface area contributed by atoms with E-state index in [0.717, 1.165) is 22.4 Å². The summed E-state index contributed by atoms with van der Waals surface area (Å²) in [6.07, 6.45) is 1.52. The molecule has 0 aromatic heterocycles. The van der Waals surface area contributed by atoms with E-state index < -0.39 is 10.8 Å². The molecule has 1 amide bonds. The summed E-state index contributed by atoms with van der Waals surface area (Å²) >= 11 is 0. The van der Waals surface area contributed by atoms with Gasteiger partial charge in [0.15, 0.2) is 0 Å². The Hall–Kier alpha value is -3.22. The van der Waals surface area contributed by atoms with E-state index in [1.807, 2.05) is 26.0 Å². The van der Waals surface area contributed by atoms with Crippen molar-refractivity contribution in [1.29, 1.82) is 0 Å². The van der Waals surface area contributed by atoms with Crippen LogP contribution < -0.4 is 10.2 Å². The van der Waals surface area contributed by atoms with Crippen molar-refractivity contribution in [3.63, 3.8) is 0 Å². The first-order chi connectivity index (χ1) is 11.4. The molecule has 24 heavy (non-hydrogen) atoms. The van der Waals surface area contributed by atoms with Crippen LogP contribution in [0.25, 0.3) is 0 Å². The molecule has 0 aliphatic heterocycles. The standard InChI is InChI=1S/C17H17N3O4/c1-11-12(2)16(24-3)8-7-14(11)10-18-19-17(21)13-5-4-6-15(9-13)20(22)23/h4-10H,1-3H3,(H,19,21)/b18-10+. The van der Waals surface area contributed by atoms with Crippen molar-refractivity contribution in [3.05, 3.63) is 68.8 Å². The van der Waals surface area contributed by atoms with Gasteiger partial charge in [-0.05, 0) is 48.7 Å². The normalized spacial score (nSPS) is 10.6. The molecule has 2 aromatic carbocycles. The van der Waals surface area contributed by atoms with E-state index in [9.17, 15) is 14.9 Å². The van der Waals surface area contributed by atoms with Crippen LogP contribution in [0.2, 0.25) is 0 Å². The summed E-state index contributed by atoms with van der Waals surface area (Å²) in [5.41, 5.74) is 5.21. The van der Waals surface area contributed by atoms with Crippen molar-refractivity contribution in [2.24, 2.45) is 5.10 Å². The van der Waals surface area contributed by atoms with Crippen molar-refractivity contribution in [2.45, 2.75) is 13.8 Å². The van der Waals surface area contributed by atoms with E-state index in [1.165, 1.54) is 30.5 Å². The van der Waals surface area contributed by atoms with E-state index in [4.69, 9.17) is 4.74 Å². The third-order valence-corrected chi connectivity index (χ3v) is 3.69. The number of hydrogen-bond donors (Lipinski definition) is 1. The molecule has 7 nitrogen and oxygen atoms in total. The lowest BCUT2D eigenvalue weighted by atomic mass is 10.0. The first-order valence-electron chi connectivity index (χ1n) is 7.16. The summed E-state index contributed by atoms with van der Waals surface area (Å²) in [6.45, 7) is 3.87. The second kappa shape index (κ2) is 7.36. The lowest BCUT2D eigenvalue weighted by Gasteiger charge is -2.09. The van der Waals surface area contributed by atoms with Crippen LogP contribution in [0.4, 0.5) is 5.69 Å². The van der Waals surface area contributed by atoms with Gasteiger partial charge in [0.1, 0.15) is 5.75 Å². The number of nitro groups is 1. The number of carbonyl (C=O) groups is 1. The first kappa shape index (κ1) is 17.1. The Morgan fingerprint density at radius 2 is 2.00 bits per heavy atom. The largest absolute Gasteiger partial charge is 0.496 e. The highest BCUT2D eigenvalue weighted by Gasteiger charge is 2.11. The van der Waals surface area contributed by atoms with Gasteiger partial charge in [0.05, 0.1) is 18.2 Å². The molecule has 0 atom stereocenters. The molecular formula is C17H17N3O4. The zero-order valence-electron chi connectivity index (χ0n) is 13.6. The molecule has 124 valence electrons. The molecule has 0 aliphatic carbocycles. The lowest BCUT2D eigenvalue weighted by Crippen LogP contribution is -2.17. The fraction of sp³-hybridized carbons (Fsp3) is 0.176. The van der Waals surface area contributed by atoms with Crippen LogP contribution in [0, 0.1) is 24.0 Å². The molecule has 0 saturated heterocycles. The molecular weight excluding hydrogens is 310 g/mol. The zero-order chi connectivity index (χ0) is 17.7. The van der Waals surface area contributed by atoms with Gasteiger partial charge in [-0.2, -0.15) is 5.10 Å². The van der Waals surface area contributed by atoms with Crippen molar-refractivity contribution < 1.29 is 14.5 Å². The second-order valence-electron chi connectivity index (χ2n) is 5.11. The number of non-ortho nitro benzene ring substituents is 1. The van der Waals surface area contributed by atoms with Gasteiger partial charge in [0.2, 0.25) is 0 Å². The Morgan fingerprint density at radius 1 is 1.25 bits per heavy atom. The van der Waals surface area contributed by atoms with E-state index >= 15 is 0 Å². The van der Waals surface area contributed by atoms with E-state index in [2.05, 4.69) is 10.5 Å². The Balaban J connectivity index is 2.12. The van der Waals surface area contributed by atoms with Crippen molar-refractivity contribution >= 4 is 17.8 Å². The van der Waals surface area contributed by atoms with Crippen LogP contribution >= 0.6 is 0 Å². The molecule has 1 N–H and O–H groups in total. The average Bonchev–Trinajstić information content (AvgIpc) is 2.58. The summed E-state index contributed by atoms with van der Waals surface area (Å²) in [5, 5.41) is 14.6. The van der Waals surface area contributed by atoms with Crippen LogP contribution in [0.1, 0.15) is 27.0 Å². The number of hydrazone groups is 1. The molecule has 0 unspecified atom stereocenters. The first-order valence-corrected chi connectivity index (χ1v) is 7.16. The van der Waals surface area contributed by atoms with Gasteiger partial charge in [0.25, 0.3) is 11.6 Å². The van der Waals surface area contributed by atoms with Gasteiger partial charge in [-0.3, -0.25) is 14.9 Å². The number of nitro benzene ring substituents is 1. The van der Waals surface area contributed by atoms with Gasteiger partial charge < -0.3 is 4.74 Å². The van der Waals surface area contributed by atoms with E-state index in [-0.39, 0.29) is 11.3 Å². The predicted molar refractivity (Wildman–Crippen MR) is 90.6 cm³/mol. The molecule has 0 heterocycles. The van der Waals surface area contributed by atoms with Crippen LogP contribution in [0.3, 0.4) is 0 Å². The number of nitrogens with zero attached hydrogens (tertiary/aromatic N) is 2. The van der Waals surface area contributed by atoms with Crippen LogP contribution in [0.5, 0.6) is 5.75 Å². The minimum absolute atomic E-state index is 0.145. The second-order valence-corrected chi connectivity index (χ2v) is 5.11. The van der Waals surface area contributed by atoms with Crippen LogP contribution in [0.15, 0.2) is 41.5 Å². The SMILES string of the molecule is COc1ccc(/C=N/NC(=O)c2cccc([N+](=O)[O-])c2)c(C)c1C. The van der Waals surface area contributed by atoms with Crippen LogP contribution in [-0.2, 0) is 0 Å². The molecule has 0 bridgehead atoms. The molecule has 0 spiro atoms. The summed E-state index contributed by atoms with van der Waals surface area (Å²) in [5.74, 6) is 0.267. The Kier molecular flexibility index (Phi) is 5.26. The maximum absolute atomic E-state index is 12.0. The maximum Gasteiger partial charge on any atom is 0.271 e. The van der Waals surface area contributed by atoms with E-state index in [0.29, 0.717) is 0 Å². The number of hydrogen-bond acceptors (Lipinski definition) is 5. The Labute approximate surface area is 139 Å². The van der Waals surface area contributed by atoms with Gasteiger partial charge in [-0.25, -0.2) is 5.43 Å². The summed E-state index contributed by atoms with van der Waals surface area (Å²) in [4.78, 5) is 22.2. The quantitative estimate of drug-likeness (QED) is 0.519. The number of nitrogens with one attached hydrogen (secondary N) is 1. The highest BCUT2D eigenvalue weighted by Crippen LogP contribution is 2.22. The van der Waals surface area contributed by atoms with Crippen molar-refractivity contribution in [3.8, 4) is 5.75 Å². The fourth-order valence-corrected chi connectivity index (χ4v) is 2.16. The van der Waals surface area contributed by atoms with E-state index in [1.54, 1.807) is 7.11 Å². The highest BCUT2D eigenvalue weighted by molar-refractivity contribution is 5.95. The molecule has 0 aliphatic rings. The summed E-state index contributed by atoms with van der Waals surface area (Å²) in [6, 6.07) is 9.13. The third-order valence-electron chi connectivity index (χ3n) is 3.69. The lowest BCUT2D eigenvalue weighted by molar-refractivity contribution is -0.384. The van der Waals surface area contributed by atoms with Gasteiger partial charge in [-0.15, -0.1) is 0 Å². The molecule has 7 heteroatoms. The predicted octanol–water partition coefficient (Wildman–Crippen LogP) is 2.98. The van der Waals surface area contributed by atoms with Gasteiger partial charge in [-0.1, -0.05) is 6.07 Å². The topological polar surface area (TPSA) is 93.8 Å². The maximum atomic E-state index is 12.0. The average molecular weight is 327 g/mol. The molecule has 0 saturated carbocycles. The fourth-order valence-electron chi connectivity index (χ4n) is 2.16. The van der Waals surface area contributed by atoms with Crippen molar-refractivity contribution in [1.82, 2.24) is 5.43 Å². The molecule has 2 rings (SSSR count). The monoisotopic (exact) mass is 327 g/mol. The number of carbonyl (C=O) groups excluding carboxylic acids is 1. The number of amides is 1. The Bertz CT molecular complexity index is 815. The Morgan fingerprint density at radius 3 is 2.67 bits per heavy atom. The zero-order valence-corrected chi connectivity index (χ0v) is 13.6. The number of methoxy groups -OCH3 is 1. The van der Waals surface area contributed by atoms with Crippen LogP contribution in [-0.4, -0.2) is 24.2 Å². The highest BCUT2D eigenvalue weighted by atomic mass is 16.6.